The van der Waals surface area contributed by atoms with E-state index in [0.29, 0.717) is 25.2 Å². The summed E-state index contributed by atoms with van der Waals surface area (Å²) in [6.45, 7) is 11.6. The second-order valence-electron chi connectivity index (χ2n) is 22.9. The fourth-order valence-electron chi connectivity index (χ4n) is 14.7. The van der Waals surface area contributed by atoms with Crippen LogP contribution in [0.25, 0.3) is 0 Å². The Kier molecular flexibility index (Phi) is 13.7. The molecule has 0 radical (unpaired) electrons. The topological polar surface area (TPSA) is 295 Å². The standard InChI is InChI=1S/C47H76O18/c1-42(2)13-15-47(16-14-45(5)22(23(47)17-42)7-8-28-43(3)11-10-29(52)44(4,21-50)27(43)9-12-46(28,45)6)41(59)65-39-35(58)33(56)36(26(19-49)62-39)63-40-37(30(53)24(51)20-60-40)64-38-34(57)32(55)31(54)25(18-48)61-38/h7,23-40,48-58H,8-21H2,1-6H3/t23-,24-,25+,26+,27+,28+,29-,30-,31+,32-,33+,34+,35+,36+,37+,38-,39-,40-,43-,44-,45+,46+,47-/m0/s1. The number of aliphatic hydroxyl groups excluding tert-OH is 11. The number of ether oxygens (including phenoxy) is 6. The highest BCUT2D eigenvalue weighted by Gasteiger charge is 2.70. The van der Waals surface area contributed by atoms with Gasteiger partial charge in [0.15, 0.2) is 12.6 Å². The van der Waals surface area contributed by atoms with E-state index in [1.54, 1.807) is 0 Å². The zero-order valence-electron chi connectivity index (χ0n) is 38.6. The molecule has 0 aromatic carbocycles. The lowest BCUT2D eigenvalue weighted by Gasteiger charge is -2.71. The zero-order chi connectivity index (χ0) is 47.4. The molecule has 8 rings (SSSR count). The monoisotopic (exact) mass is 929 g/mol. The van der Waals surface area contributed by atoms with Crippen LogP contribution in [0.3, 0.4) is 0 Å². The summed E-state index contributed by atoms with van der Waals surface area (Å²) in [6, 6.07) is 0. The predicted octanol–water partition coefficient (Wildman–Crippen LogP) is -0.248. The number of hydrogen-bond donors (Lipinski definition) is 11. The first-order valence-corrected chi connectivity index (χ1v) is 23.9. The Hall–Kier alpha value is -1.43. The van der Waals surface area contributed by atoms with Gasteiger partial charge in [-0.05, 0) is 104 Å². The molecule has 8 aliphatic rings. The highest BCUT2D eigenvalue weighted by molar-refractivity contribution is 5.79. The van der Waals surface area contributed by atoms with Crippen molar-refractivity contribution >= 4 is 5.97 Å². The van der Waals surface area contributed by atoms with Crippen LogP contribution in [0.5, 0.6) is 0 Å². The van der Waals surface area contributed by atoms with E-state index in [1.165, 1.54) is 5.57 Å². The zero-order valence-corrected chi connectivity index (χ0v) is 38.6. The highest BCUT2D eigenvalue weighted by atomic mass is 16.8. The summed E-state index contributed by atoms with van der Waals surface area (Å²) in [7, 11) is 0. The van der Waals surface area contributed by atoms with Gasteiger partial charge >= 0.3 is 5.97 Å². The molecule has 0 amide bonds. The highest BCUT2D eigenvalue weighted by Crippen LogP contribution is 2.76. The molecule has 11 N–H and O–H groups in total. The van der Waals surface area contributed by atoms with E-state index in [4.69, 9.17) is 28.4 Å². The molecular weight excluding hydrogens is 852 g/mol. The van der Waals surface area contributed by atoms with Crippen molar-refractivity contribution in [3.63, 3.8) is 0 Å². The van der Waals surface area contributed by atoms with E-state index in [1.807, 2.05) is 6.92 Å². The van der Waals surface area contributed by atoms with Crippen LogP contribution in [0.15, 0.2) is 11.6 Å². The van der Waals surface area contributed by atoms with E-state index < -0.39 is 129 Å². The Balaban J connectivity index is 1.01. The molecule has 0 spiro atoms. The lowest BCUT2D eigenvalue weighted by Crippen LogP contribution is -2.66. The Bertz CT molecular complexity index is 1760. The van der Waals surface area contributed by atoms with Gasteiger partial charge in [0.1, 0.15) is 67.1 Å². The van der Waals surface area contributed by atoms with Crippen LogP contribution in [-0.4, -0.2) is 181 Å². The first-order chi connectivity index (χ1) is 30.5. The second-order valence-corrected chi connectivity index (χ2v) is 22.9. The van der Waals surface area contributed by atoms with Crippen molar-refractivity contribution in [3.8, 4) is 0 Å². The Morgan fingerprint density at radius 1 is 0.677 bits per heavy atom. The Labute approximate surface area is 380 Å². The van der Waals surface area contributed by atoms with E-state index in [-0.39, 0.29) is 40.1 Å². The molecule has 7 fully saturated rings. The van der Waals surface area contributed by atoms with Gasteiger partial charge in [0.2, 0.25) is 6.29 Å². The number of hydrogen-bond acceptors (Lipinski definition) is 18. The fraction of sp³-hybridized carbons (Fsp3) is 0.936. The van der Waals surface area contributed by atoms with E-state index in [2.05, 4.69) is 40.7 Å². The minimum Gasteiger partial charge on any atom is -0.432 e. The molecule has 3 saturated heterocycles. The molecule has 65 heavy (non-hydrogen) atoms. The molecule has 5 aliphatic carbocycles. The predicted molar refractivity (Wildman–Crippen MR) is 226 cm³/mol. The smallest absolute Gasteiger partial charge is 0.315 e. The first-order valence-electron chi connectivity index (χ1n) is 23.9. The van der Waals surface area contributed by atoms with Gasteiger partial charge in [0, 0.05) is 5.41 Å². The van der Waals surface area contributed by atoms with Gasteiger partial charge in [-0.15, -0.1) is 0 Å². The normalized spacial score (nSPS) is 54.3. The molecular formula is C47H76O18. The molecule has 0 aromatic heterocycles. The van der Waals surface area contributed by atoms with E-state index in [9.17, 15) is 61.0 Å². The largest absolute Gasteiger partial charge is 0.432 e. The summed E-state index contributed by atoms with van der Waals surface area (Å²) >= 11 is 0. The lowest BCUT2D eigenvalue weighted by molar-refractivity contribution is -0.377. The third-order valence-electron chi connectivity index (χ3n) is 19.1. The van der Waals surface area contributed by atoms with E-state index >= 15 is 0 Å². The summed E-state index contributed by atoms with van der Waals surface area (Å²) in [5.74, 6) is -0.274. The number of aliphatic hydroxyl groups is 11. The van der Waals surface area contributed by atoms with Gasteiger partial charge in [-0.25, -0.2) is 0 Å². The van der Waals surface area contributed by atoms with Gasteiger partial charge < -0.3 is 84.6 Å². The van der Waals surface area contributed by atoms with Crippen molar-refractivity contribution in [2.75, 3.05) is 26.4 Å². The van der Waals surface area contributed by atoms with Crippen LogP contribution in [0, 0.1) is 50.2 Å². The molecule has 372 valence electrons. The Morgan fingerprint density at radius 2 is 1.32 bits per heavy atom. The fourth-order valence-corrected chi connectivity index (χ4v) is 14.7. The maximum Gasteiger partial charge on any atom is 0.315 e. The molecule has 3 heterocycles. The van der Waals surface area contributed by atoms with Gasteiger partial charge in [-0.1, -0.05) is 53.2 Å². The van der Waals surface area contributed by atoms with Gasteiger partial charge in [-0.3, -0.25) is 4.79 Å². The number of allylic oxidation sites excluding steroid dienone is 2. The molecule has 0 aromatic rings. The number of rotatable bonds is 9. The van der Waals surface area contributed by atoms with Crippen molar-refractivity contribution in [2.24, 2.45) is 50.2 Å². The summed E-state index contributed by atoms with van der Waals surface area (Å²) < 4.78 is 35.0. The molecule has 4 saturated carbocycles. The van der Waals surface area contributed by atoms with Crippen molar-refractivity contribution in [2.45, 2.75) is 198 Å². The van der Waals surface area contributed by atoms with E-state index in [0.717, 1.165) is 44.9 Å². The molecule has 3 aliphatic heterocycles. The molecule has 18 heteroatoms. The summed E-state index contributed by atoms with van der Waals surface area (Å²) in [4.78, 5) is 15.0. The van der Waals surface area contributed by atoms with Crippen LogP contribution >= 0.6 is 0 Å². The number of carbonyl (C=O) groups excluding carboxylic acids is 1. The van der Waals surface area contributed by atoms with Gasteiger partial charge in [0.25, 0.3) is 0 Å². The minimum atomic E-state index is -1.89. The molecule has 18 nitrogen and oxygen atoms in total. The molecule has 0 bridgehead atoms. The van der Waals surface area contributed by atoms with Crippen molar-refractivity contribution < 1.29 is 89.4 Å². The maximum atomic E-state index is 15.0. The van der Waals surface area contributed by atoms with Crippen LogP contribution in [-0.2, 0) is 33.2 Å². The number of fused-ring (bicyclic) bond motifs is 7. The maximum absolute atomic E-state index is 15.0. The van der Waals surface area contributed by atoms with Crippen LogP contribution in [0.2, 0.25) is 0 Å². The Morgan fingerprint density at radius 3 is 2.00 bits per heavy atom. The third kappa shape index (κ3) is 7.80. The van der Waals surface area contributed by atoms with Gasteiger partial charge in [-0.2, -0.15) is 0 Å². The average Bonchev–Trinajstić information content (AvgIpc) is 3.27. The number of carbonyl (C=O) groups is 1. The van der Waals surface area contributed by atoms with Crippen molar-refractivity contribution in [1.29, 1.82) is 0 Å². The lowest BCUT2D eigenvalue weighted by atomic mass is 9.33. The summed E-state index contributed by atoms with van der Waals surface area (Å²) in [6.07, 6.45) is -14.4. The average molecular weight is 929 g/mol. The number of esters is 1. The summed E-state index contributed by atoms with van der Waals surface area (Å²) in [5.41, 5.74) is -0.842. The molecule has 23 atom stereocenters. The quantitative estimate of drug-likeness (QED) is 0.105. The van der Waals surface area contributed by atoms with Crippen LogP contribution < -0.4 is 0 Å². The second kappa shape index (κ2) is 17.8. The summed E-state index contributed by atoms with van der Waals surface area (Å²) in [5, 5.41) is 118. The van der Waals surface area contributed by atoms with Gasteiger partial charge in [0.05, 0.1) is 37.9 Å². The van der Waals surface area contributed by atoms with Crippen molar-refractivity contribution in [3.05, 3.63) is 11.6 Å². The first kappa shape index (κ1) is 50.0. The minimum absolute atomic E-state index is 0.0603. The molecule has 0 unspecified atom stereocenters. The SMILES string of the molecule is CC1(C)CC[C@]2(C(=O)O[C@@H]3O[C@H](CO)[C@@H](O[C@@H]4OC[C@H](O)[C@H](O)[C@H]4O[C@@H]4O[C@H](CO)[C@@H](O)[C@H](O)[C@H]4O)[C@H](O)[C@H]3O)CC[C@]3(C)C(=CC[C@@H]4[C@@]5(C)CC[C@H](O)[C@@](C)(CO)[C@@H]5CC[C@]43C)[C@@H]2C1. The van der Waals surface area contributed by atoms with Crippen molar-refractivity contribution in [1.82, 2.24) is 0 Å². The van der Waals surface area contributed by atoms with Crippen LogP contribution in [0.1, 0.15) is 106 Å². The van der Waals surface area contributed by atoms with Crippen LogP contribution in [0.4, 0.5) is 0 Å². The third-order valence-corrected chi connectivity index (χ3v) is 19.1.